The van der Waals surface area contributed by atoms with Gasteiger partial charge in [0.2, 0.25) is 11.6 Å². The van der Waals surface area contributed by atoms with E-state index in [9.17, 15) is 4.79 Å². The molecular formula is C15H16N6O2. The van der Waals surface area contributed by atoms with E-state index in [2.05, 4.69) is 15.1 Å². The van der Waals surface area contributed by atoms with Gasteiger partial charge in [-0.3, -0.25) is 9.48 Å². The molecule has 2 aromatic heterocycles. The number of carbonyl (C=O) groups excluding carboxylic acids is 1. The van der Waals surface area contributed by atoms with Crippen LogP contribution in [0.4, 0.5) is 0 Å². The topological polar surface area (TPSA) is 96.9 Å². The van der Waals surface area contributed by atoms with Crippen LogP contribution in [0.1, 0.15) is 18.5 Å². The van der Waals surface area contributed by atoms with Crippen molar-refractivity contribution in [2.24, 2.45) is 0 Å². The molecule has 1 fully saturated rings. The standard InChI is InChI=1S/C15H16N6O2/c16-9-13-15(18-6-5-17-13)23-12-3-1-7-20(10-12)14(22)11-21-8-2-4-19-21/h2,4-6,8,12H,1,3,7,10-11H2. The van der Waals surface area contributed by atoms with Gasteiger partial charge in [0.15, 0.2) is 0 Å². The van der Waals surface area contributed by atoms with Gasteiger partial charge in [0, 0.05) is 31.3 Å². The van der Waals surface area contributed by atoms with Gasteiger partial charge >= 0.3 is 0 Å². The zero-order valence-electron chi connectivity index (χ0n) is 12.5. The minimum absolute atomic E-state index is 0.00153. The highest BCUT2D eigenvalue weighted by molar-refractivity contribution is 5.76. The Hall–Kier alpha value is -2.95. The Labute approximate surface area is 133 Å². The molecule has 1 amide bonds. The van der Waals surface area contributed by atoms with Crippen LogP contribution >= 0.6 is 0 Å². The predicted molar refractivity (Wildman–Crippen MR) is 79.2 cm³/mol. The van der Waals surface area contributed by atoms with Crippen LogP contribution in [0.2, 0.25) is 0 Å². The number of nitriles is 1. The monoisotopic (exact) mass is 312 g/mol. The van der Waals surface area contributed by atoms with Crippen molar-refractivity contribution in [3.8, 4) is 11.9 Å². The summed E-state index contributed by atoms with van der Waals surface area (Å²) in [6.45, 7) is 1.39. The summed E-state index contributed by atoms with van der Waals surface area (Å²) in [4.78, 5) is 22.1. The van der Waals surface area contributed by atoms with Crippen LogP contribution in [0.15, 0.2) is 30.9 Å². The molecule has 2 aromatic rings. The Kier molecular flexibility index (Phi) is 4.47. The first-order valence-electron chi connectivity index (χ1n) is 7.39. The maximum Gasteiger partial charge on any atom is 0.251 e. The number of carbonyl (C=O) groups is 1. The SMILES string of the molecule is N#Cc1nccnc1OC1CCCN(C(=O)Cn2cccn2)C1. The molecule has 118 valence electrons. The molecule has 8 heteroatoms. The summed E-state index contributed by atoms with van der Waals surface area (Å²) in [5.74, 6) is 0.225. The number of hydrogen-bond donors (Lipinski definition) is 0. The summed E-state index contributed by atoms with van der Waals surface area (Å²) in [7, 11) is 0. The number of nitrogens with zero attached hydrogens (tertiary/aromatic N) is 6. The first-order chi connectivity index (χ1) is 11.3. The normalized spacial score (nSPS) is 17.5. The smallest absolute Gasteiger partial charge is 0.251 e. The van der Waals surface area contributed by atoms with Gasteiger partial charge in [-0.15, -0.1) is 0 Å². The van der Waals surface area contributed by atoms with E-state index >= 15 is 0 Å². The maximum atomic E-state index is 12.3. The molecule has 0 aliphatic carbocycles. The largest absolute Gasteiger partial charge is 0.470 e. The van der Waals surface area contributed by atoms with E-state index < -0.39 is 0 Å². The zero-order valence-corrected chi connectivity index (χ0v) is 12.5. The predicted octanol–water partition coefficient (Wildman–Crippen LogP) is 0.615. The summed E-state index contributed by atoms with van der Waals surface area (Å²) in [5, 5.41) is 13.1. The van der Waals surface area contributed by atoms with Crippen molar-refractivity contribution in [3.63, 3.8) is 0 Å². The van der Waals surface area contributed by atoms with Gasteiger partial charge in [-0.1, -0.05) is 0 Å². The van der Waals surface area contributed by atoms with Crippen LogP contribution in [-0.2, 0) is 11.3 Å². The number of ether oxygens (including phenoxy) is 1. The lowest BCUT2D eigenvalue weighted by Gasteiger charge is -2.32. The highest BCUT2D eigenvalue weighted by atomic mass is 16.5. The van der Waals surface area contributed by atoms with Gasteiger partial charge in [-0.2, -0.15) is 10.4 Å². The second-order valence-corrected chi connectivity index (χ2v) is 5.25. The van der Waals surface area contributed by atoms with Crippen molar-refractivity contribution in [2.45, 2.75) is 25.5 Å². The molecule has 1 aliphatic heterocycles. The summed E-state index contributed by atoms with van der Waals surface area (Å²) < 4.78 is 7.38. The second kappa shape index (κ2) is 6.87. The van der Waals surface area contributed by atoms with Gasteiger partial charge < -0.3 is 9.64 Å². The minimum Gasteiger partial charge on any atom is -0.470 e. The Morgan fingerprint density at radius 1 is 1.39 bits per heavy atom. The highest BCUT2D eigenvalue weighted by Gasteiger charge is 2.26. The Balaban J connectivity index is 1.62. The lowest BCUT2D eigenvalue weighted by Crippen LogP contribution is -2.45. The molecule has 1 atom stereocenters. The third-order valence-corrected chi connectivity index (χ3v) is 3.64. The lowest BCUT2D eigenvalue weighted by molar-refractivity contribution is -0.134. The Bertz CT molecular complexity index is 709. The molecule has 3 heterocycles. The van der Waals surface area contributed by atoms with Crippen molar-refractivity contribution >= 4 is 5.91 Å². The number of likely N-dealkylation sites (tertiary alicyclic amines) is 1. The van der Waals surface area contributed by atoms with Crippen LogP contribution in [-0.4, -0.2) is 49.7 Å². The van der Waals surface area contributed by atoms with Crippen LogP contribution in [0, 0.1) is 11.3 Å². The number of aromatic nitrogens is 4. The van der Waals surface area contributed by atoms with Gasteiger partial charge in [0.1, 0.15) is 18.7 Å². The third kappa shape index (κ3) is 3.63. The van der Waals surface area contributed by atoms with Crippen LogP contribution < -0.4 is 4.74 Å². The van der Waals surface area contributed by atoms with Gasteiger partial charge in [0.25, 0.3) is 5.88 Å². The number of hydrogen-bond acceptors (Lipinski definition) is 6. The molecular weight excluding hydrogens is 296 g/mol. The van der Waals surface area contributed by atoms with E-state index in [1.54, 1.807) is 28.0 Å². The lowest BCUT2D eigenvalue weighted by atomic mass is 10.1. The van der Waals surface area contributed by atoms with E-state index in [0.717, 1.165) is 12.8 Å². The summed E-state index contributed by atoms with van der Waals surface area (Å²) in [6.07, 6.45) is 7.81. The van der Waals surface area contributed by atoms with Gasteiger partial charge in [-0.05, 0) is 18.9 Å². The molecule has 1 saturated heterocycles. The quantitative estimate of drug-likeness (QED) is 0.821. The van der Waals surface area contributed by atoms with E-state index in [4.69, 9.17) is 10.00 Å². The molecule has 3 rings (SSSR count). The molecule has 8 nitrogen and oxygen atoms in total. The maximum absolute atomic E-state index is 12.3. The molecule has 0 N–H and O–H groups in total. The van der Waals surface area contributed by atoms with Crippen LogP contribution in [0.25, 0.3) is 0 Å². The first-order valence-corrected chi connectivity index (χ1v) is 7.39. The van der Waals surface area contributed by atoms with Gasteiger partial charge in [0.05, 0.1) is 6.54 Å². The van der Waals surface area contributed by atoms with E-state index in [-0.39, 0.29) is 30.1 Å². The minimum atomic E-state index is -0.186. The molecule has 0 aromatic carbocycles. The zero-order chi connectivity index (χ0) is 16.1. The van der Waals surface area contributed by atoms with Crippen LogP contribution in [0.3, 0.4) is 0 Å². The molecule has 0 spiro atoms. The fourth-order valence-corrected chi connectivity index (χ4v) is 2.54. The summed E-state index contributed by atoms with van der Waals surface area (Å²) in [6, 6.07) is 3.74. The number of piperidine rings is 1. The number of amides is 1. The molecule has 23 heavy (non-hydrogen) atoms. The van der Waals surface area contributed by atoms with E-state index in [1.807, 2.05) is 6.07 Å². The second-order valence-electron chi connectivity index (χ2n) is 5.25. The van der Waals surface area contributed by atoms with E-state index in [0.29, 0.717) is 13.1 Å². The van der Waals surface area contributed by atoms with Crippen molar-refractivity contribution in [1.29, 1.82) is 5.26 Å². The summed E-state index contributed by atoms with van der Waals surface area (Å²) >= 11 is 0. The average molecular weight is 312 g/mol. The van der Waals surface area contributed by atoms with Crippen molar-refractivity contribution in [3.05, 3.63) is 36.5 Å². The number of rotatable bonds is 4. The Morgan fingerprint density at radius 2 is 2.26 bits per heavy atom. The fourth-order valence-electron chi connectivity index (χ4n) is 2.54. The van der Waals surface area contributed by atoms with Crippen molar-refractivity contribution in [2.75, 3.05) is 13.1 Å². The average Bonchev–Trinajstić information content (AvgIpc) is 3.08. The van der Waals surface area contributed by atoms with E-state index in [1.165, 1.54) is 12.4 Å². The molecule has 0 saturated carbocycles. The van der Waals surface area contributed by atoms with Crippen molar-refractivity contribution < 1.29 is 9.53 Å². The highest BCUT2D eigenvalue weighted by Crippen LogP contribution is 2.18. The van der Waals surface area contributed by atoms with Crippen LogP contribution in [0.5, 0.6) is 5.88 Å². The molecule has 0 radical (unpaired) electrons. The molecule has 1 aliphatic rings. The van der Waals surface area contributed by atoms with Crippen molar-refractivity contribution in [1.82, 2.24) is 24.6 Å². The third-order valence-electron chi connectivity index (χ3n) is 3.64. The fraction of sp³-hybridized carbons (Fsp3) is 0.400. The molecule has 1 unspecified atom stereocenters. The Morgan fingerprint density at radius 3 is 3.04 bits per heavy atom. The summed E-state index contributed by atoms with van der Waals surface area (Å²) in [5.41, 5.74) is 0.160. The molecule has 0 bridgehead atoms. The van der Waals surface area contributed by atoms with Gasteiger partial charge in [-0.25, -0.2) is 9.97 Å². The first kappa shape index (κ1) is 15.0.